The van der Waals surface area contributed by atoms with Gasteiger partial charge in [0, 0.05) is 13.7 Å². The lowest BCUT2D eigenvalue weighted by atomic mass is 9.95. The minimum atomic E-state index is -0.834. The zero-order valence-electron chi connectivity index (χ0n) is 11.9. The van der Waals surface area contributed by atoms with Gasteiger partial charge in [-0.25, -0.2) is 4.39 Å². The van der Waals surface area contributed by atoms with Crippen molar-refractivity contribution < 1.29 is 13.9 Å². The molecule has 1 atom stereocenters. The number of benzene rings is 1. The summed E-state index contributed by atoms with van der Waals surface area (Å²) < 4.78 is 18.8. The van der Waals surface area contributed by atoms with E-state index in [9.17, 15) is 9.18 Å². The van der Waals surface area contributed by atoms with Crippen LogP contribution in [0.2, 0.25) is 0 Å². The Morgan fingerprint density at radius 2 is 2.38 bits per heavy atom. The lowest BCUT2D eigenvalue weighted by Gasteiger charge is -2.35. The molecule has 1 heterocycles. The number of nitrogens with zero attached hydrogens (tertiary/aromatic N) is 2. The van der Waals surface area contributed by atoms with Crippen LogP contribution >= 0.6 is 0 Å². The maximum Gasteiger partial charge on any atom is 0.240 e. The highest BCUT2D eigenvalue weighted by Gasteiger charge is 2.46. The van der Waals surface area contributed by atoms with Crippen molar-refractivity contribution >= 4 is 5.91 Å². The van der Waals surface area contributed by atoms with Gasteiger partial charge in [-0.15, -0.1) is 0 Å². The Morgan fingerprint density at radius 3 is 2.95 bits per heavy atom. The van der Waals surface area contributed by atoms with Crippen LogP contribution in [0.1, 0.15) is 24.0 Å². The molecule has 0 aliphatic carbocycles. The summed E-state index contributed by atoms with van der Waals surface area (Å²) in [6, 6.07) is 6.26. The second kappa shape index (κ2) is 6.20. The normalized spacial score (nSPS) is 22.1. The molecule has 2 rings (SSSR count). The number of methoxy groups -OCH3 is 1. The predicted molar refractivity (Wildman–Crippen MR) is 74.6 cm³/mol. The molecule has 21 heavy (non-hydrogen) atoms. The van der Waals surface area contributed by atoms with Gasteiger partial charge in [0.05, 0.1) is 12.2 Å². The van der Waals surface area contributed by atoms with Crippen LogP contribution in [0, 0.1) is 17.1 Å². The van der Waals surface area contributed by atoms with Crippen LogP contribution in [0.15, 0.2) is 18.2 Å². The highest BCUT2D eigenvalue weighted by Crippen LogP contribution is 2.31. The fourth-order valence-corrected chi connectivity index (χ4v) is 2.89. The number of nitrogens with two attached hydrogens (primary N) is 1. The summed E-state index contributed by atoms with van der Waals surface area (Å²) in [6.07, 6.45) is 1.47. The fourth-order valence-electron chi connectivity index (χ4n) is 2.89. The minimum absolute atomic E-state index is 0.0122. The Hall–Kier alpha value is -1.97. The quantitative estimate of drug-likeness (QED) is 0.883. The van der Waals surface area contributed by atoms with Gasteiger partial charge in [0.25, 0.3) is 0 Å². The molecular weight excluding hydrogens is 273 g/mol. The smallest absolute Gasteiger partial charge is 0.240 e. The number of amides is 1. The molecule has 1 amide bonds. The second-order valence-corrected chi connectivity index (χ2v) is 5.28. The molecule has 0 aromatic heterocycles. The van der Waals surface area contributed by atoms with Crippen LogP contribution in [-0.4, -0.2) is 36.6 Å². The molecule has 1 aliphatic rings. The number of hydrogen-bond donors (Lipinski definition) is 1. The van der Waals surface area contributed by atoms with Crippen LogP contribution in [-0.2, 0) is 16.1 Å². The summed E-state index contributed by atoms with van der Waals surface area (Å²) in [5.41, 5.74) is 5.44. The van der Waals surface area contributed by atoms with E-state index in [2.05, 4.69) is 0 Å². The molecule has 0 saturated carbocycles. The second-order valence-electron chi connectivity index (χ2n) is 5.28. The van der Waals surface area contributed by atoms with Gasteiger partial charge in [0.15, 0.2) is 0 Å². The fraction of sp³-hybridized carbons (Fsp3) is 0.467. The van der Waals surface area contributed by atoms with E-state index in [1.54, 1.807) is 12.1 Å². The van der Waals surface area contributed by atoms with Crippen LogP contribution in [0.25, 0.3) is 0 Å². The summed E-state index contributed by atoms with van der Waals surface area (Å²) >= 11 is 0. The van der Waals surface area contributed by atoms with Crippen molar-refractivity contribution in [1.29, 1.82) is 5.26 Å². The minimum Gasteiger partial charge on any atom is -0.382 e. The highest BCUT2D eigenvalue weighted by atomic mass is 19.1. The number of nitriles is 1. The van der Waals surface area contributed by atoms with E-state index in [4.69, 9.17) is 15.7 Å². The third-order valence-corrected chi connectivity index (χ3v) is 3.99. The van der Waals surface area contributed by atoms with Gasteiger partial charge >= 0.3 is 0 Å². The molecule has 1 saturated heterocycles. The maximum absolute atomic E-state index is 13.7. The molecule has 1 fully saturated rings. The number of rotatable bonds is 5. The maximum atomic E-state index is 13.7. The molecule has 0 bridgehead atoms. The summed E-state index contributed by atoms with van der Waals surface area (Å²) in [5, 5.41) is 8.74. The first-order valence-corrected chi connectivity index (χ1v) is 6.76. The van der Waals surface area contributed by atoms with Gasteiger partial charge in [-0.2, -0.15) is 5.26 Å². The number of carbonyl (C=O) groups is 1. The summed E-state index contributed by atoms with van der Waals surface area (Å²) in [5.74, 6) is -0.971. The number of halogens is 1. The van der Waals surface area contributed by atoms with Crippen molar-refractivity contribution in [3.05, 3.63) is 35.1 Å². The number of carbonyl (C=O) groups excluding carboxylic acids is 1. The molecular formula is C15H18FN3O2. The molecule has 6 heteroatoms. The van der Waals surface area contributed by atoms with Crippen LogP contribution in [0.3, 0.4) is 0 Å². The molecule has 0 spiro atoms. The molecule has 5 nitrogen and oxygen atoms in total. The average molecular weight is 291 g/mol. The van der Waals surface area contributed by atoms with E-state index in [0.717, 1.165) is 6.42 Å². The van der Waals surface area contributed by atoms with Crippen molar-refractivity contribution in [3.63, 3.8) is 0 Å². The first kappa shape index (κ1) is 15.4. The standard InChI is InChI=1S/C15H18FN3O2/c1-21-10-15(14(18)20)5-2-6-19(15)9-11-3-4-12(8-17)13(16)7-11/h3-4,7H,2,5-6,9-10H2,1H3,(H2,18,20). The summed E-state index contributed by atoms with van der Waals surface area (Å²) in [7, 11) is 1.53. The van der Waals surface area contributed by atoms with Gasteiger partial charge in [-0.3, -0.25) is 9.69 Å². The molecule has 1 aliphatic heterocycles. The first-order chi connectivity index (χ1) is 10.0. The number of likely N-dealkylation sites (tertiary alicyclic amines) is 1. The van der Waals surface area contributed by atoms with E-state index in [-0.39, 0.29) is 12.2 Å². The van der Waals surface area contributed by atoms with Gasteiger partial charge in [-0.1, -0.05) is 6.07 Å². The van der Waals surface area contributed by atoms with Gasteiger partial charge < -0.3 is 10.5 Å². The monoisotopic (exact) mass is 291 g/mol. The zero-order chi connectivity index (χ0) is 15.5. The van der Waals surface area contributed by atoms with Crippen molar-refractivity contribution in [2.45, 2.75) is 24.9 Å². The third-order valence-electron chi connectivity index (χ3n) is 3.99. The number of hydrogen-bond acceptors (Lipinski definition) is 4. The van der Waals surface area contributed by atoms with E-state index >= 15 is 0 Å². The van der Waals surface area contributed by atoms with Gasteiger partial charge in [0.2, 0.25) is 5.91 Å². The van der Waals surface area contributed by atoms with E-state index in [0.29, 0.717) is 25.1 Å². The first-order valence-electron chi connectivity index (χ1n) is 6.76. The molecule has 112 valence electrons. The summed E-state index contributed by atoms with van der Waals surface area (Å²) in [4.78, 5) is 13.8. The van der Waals surface area contributed by atoms with Crippen molar-refractivity contribution in [2.75, 3.05) is 20.3 Å². The third kappa shape index (κ3) is 2.89. The Balaban J connectivity index is 2.23. The van der Waals surface area contributed by atoms with Gasteiger partial charge in [-0.05, 0) is 37.1 Å². The Bertz CT molecular complexity index is 585. The number of ether oxygens (including phenoxy) is 1. The SMILES string of the molecule is COCC1(C(N)=O)CCCN1Cc1ccc(C#N)c(F)c1. The predicted octanol–water partition coefficient (Wildman–Crippen LogP) is 1.16. The van der Waals surface area contributed by atoms with E-state index < -0.39 is 17.3 Å². The summed E-state index contributed by atoms with van der Waals surface area (Å²) in [6.45, 7) is 1.32. The Kier molecular flexibility index (Phi) is 4.56. The average Bonchev–Trinajstić information content (AvgIpc) is 2.84. The molecule has 2 N–H and O–H groups in total. The van der Waals surface area contributed by atoms with Crippen molar-refractivity contribution in [3.8, 4) is 6.07 Å². The van der Waals surface area contributed by atoms with Crippen molar-refractivity contribution in [2.24, 2.45) is 5.73 Å². The van der Waals surface area contributed by atoms with E-state index in [1.165, 1.54) is 19.2 Å². The number of primary amides is 1. The lowest BCUT2D eigenvalue weighted by Crippen LogP contribution is -2.56. The van der Waals surface area contributed by atoms with Crippen LogP contribution in [0.4, 0.5) is 4.39 Å². The molecule has 1 aromatic carbocycles. The van der Waals surface area contributed by atoms with Crippen LogP contribution < -0.4 is 5.73 Å². The van der Waals surface area contributed by atoms with Crippen molar-refractivity contribution in [1.82, 2.24) is 4.90 Å². The Labute approximate surface area is 123 Å². The van der Waals surface area contributed by atoms with E-state index in [1.807, 2.05) is 4.90 Å². The molecule has 1 aromatic rings. The van der Waals surface area contributed by atoms with Gasteiger partial charge in [0.1, 0.15) is 17.4 Å². The van der Waals surface area contributed by atoms with Crippen LogP contribution in [0.5, 0.6) is 0 Å². The zero-order valence-corrected chi connectivity index (χ0v) is 11.9. The molecule has 0 radical (unpaired) electrons. The largest absolute Gasteiger partial charge is 0.382 e. The topological polar surface area (TPSA) is 79.3 Å². The lowest BCUT2D eigenvalue weighted by molar-refractivity contribution is -0.132. The molecule has 1 unspecified atom stereocenters. The Morgan fingerprint density at radius 1 is 1.62 bits per heavy atom. The highest BCUT2D eigenvalue weighted by molar-refractivity contribution is 5.85.